The average Bonchev–Trinajstić information content (AvgIpc) is 2.79. The van der Waals surface area contributed by atoms with Gasteiger partial charge in [0, 0.05) is 17.9 Å². The highest BCUT2D eigenvalue weighted by Crippen LogP contribution is 2.64. The van der Waals surface area contributed by atoms with Crippen LogP contribution in [0.1, 0.15) is 32.1 Å². The van der Waals surface area contributed by atoms with Crippen LogP contribution in [0.5, 0.6) is 0 Å². The van der Waals surface area contributed by atoms with Crippen LogP contribution < -0.4 is 0 Å². The van der Waals surface area contributed by atoms with Crippen molar-refractivity contribution in [2.24, 2.45) is 17.8 Å². The Morgan fingerprint density at radius 3 is 3.12 bits per heavy atom. The van der Waals surface area contributed by atoms with Gasteiger partial charge in [0.05, 0.1) is 5.60 Å². The molecule has 0 aromatic carbocycles. The minimum atomic E-state index is -0.425. The van der Waals surface area contributed by atoms with Crippen LogP contribution in [0.25, 0.3) is 0 Å². The van der Waals surface area contributed by atoms with Crippen LogP contribution in [0.2, 0.25) is 0 Å². The van der Waals surface area contributed by atoms with E-state index in [4.69, 9.17) is 0 Å². The highest BCUT2D eigenvalue weighted by atomic mass is 16.3. The smallest absolute Gasteiger partial charge is 0.163 e. The quantitative estimate of drug-likeness (QED) is 0.672. The Bertz CT molecular complexity index is 446. The number of carbonyl (C=O) groups is 1. The van der Waals surface area contributed by atoms with E-state index in [1.54, 1.807) is 0 Å². The van der Waals surface area contributed by atoms with Crippen LogP contribution >= 0.6 is 0 Å². The van der Waals surface area contributed by atoms with Gasteiger partial charge in [0.1, 0.15) is 0 Å². The maximum absolute atomic E-state index is 11.7. The number of Topliss-reactive ketones (excluding diaryl/α,β-unsaturated/α-hetero) is 1. The second-order valence-corrected chi connectivity index (χ2v) is 5.76. The van der Waals surface area contributed by atoms with E-state index in [9.17, 15) is 9.90 Å². The van der Waals surface area contributed by atoms with Crippen molar-refractivity contribution in [3.8, 4) is 0 Å². The summed E-state index contributed by atoms with van der Waals surface area (Å²) in [6.45, 7) is 0. The van der Waals surface area contributed by atoms with E-state index in [-0.39, 0.29) is 0 Å². The molecule has 0 aliphatic heterocycles. The molecule has 0 aromatic rings. The highest BCUT2D eigenvalue weighted by Gasteiger charge is 2.64. The molecule has 2 nitrogen and oxygen atoms in total. The van der Waals surface area contributed by atoms with Crippen molar-refractivity contribution in [1.29, 1.82) is 0 Å². The molecule has 2 saturated carbocycles. The van der Waals surface area contributed by atoms with Gasteiger partial charge < -0.3 is 5.11 Å². The largest absolute Gasteiger partial charge is 0.389 e. The number of fused-ring (bicyclic) bond motifs is 5. The summed E-state index contributed by atoms with van der Waals surface area (Å²) in [6, 6.07) is 0. The third-order valence-electron chi connectivity index (χ3n) is 5.27. The van der Waals surface area contributed by atoms with Gasteiger partial charge in [-0.25, -0.2) is 0 Å². The maximum atomic E-state index is 11.7. The number of aliphatic hydroxyl groups is 1. The molecule has 0 heterocycles. The Hall–Kier alpha value is -0.890. The lowest BCUT2D eigenvalue weighted by atomic mass is 9.51. The van der Waals surface area contributed by atoms with Gasteiger partial charge in [-0.15, -0.1) is 0 Å². The normalized spacial score (nSPS) is 48.8. The first-order chi connectivity index (χ1) is 7.72. The zero-order valence-electron chi connectivity index (χ0n) is 9.28. The summed E-state index contributed by atoms with van der Waals surface area (Å²) in [5.41, 5.74) is 1.93. The summed E-state index contributed by atoms with van der Waals surface area (Å²) in [4.78, 5) is 11.7. The molecule has 2 fully saturated rings. The molecular weight excluding hydrogens is 200 g/mol. The Labute approximate surface area is 95.0 Å². The molecule has 0 bridgehead atoms. The fourth-order valence-electron chi connectivity index (χ4n) is 4.58. The molecule has 2 heteroatoms. The summed E-state index contributed by atoms with van der Waals surface area (Å²) in [6.07, 6.45) is 9.00. The molecule has 16 heavy (non-hydrogen) atoms. The Kier molecular flexibility index (Phi) is 1.53. The van der Waals surface area contributed by atoms with Gasteiger partial charge in [0.25, 0.3) is 0 Å². The number of allylic oxidation sites excluding steroid dienone is 3. The second-order valence-electron chi connectivity index (χ2n) is 5.76. The molecule has 4 aliphatic rings. The number of carbonyl (C=O) groups excluding carboxylic acids is 1. The molecule has 0 unspecified atom stereocenters. The number of ketones is 1. The SMILES string of the molecule is O=C1CCC2=C1C=C[C@@H]1[C@H]2[C@@H]2CCC[C@]12O. The summed E-state index contributed by atoms with van der Waals surface area (Å²) >= 11 is 0. The molecular formula is C14H16O2. The van der Waals surface area contributed by atoms with Crippen molar-refractivity contribution >= 4 is 5.78 Å². The van der Waals surface area contributed by atoms with Gasteiger partial charge in [-0.2, -0.15) is 0 Å². The van der Waals surface area contributed by atoms with Crippen LogP contribution in [0, 0.1) is 17.8 Å². The van der Waals surface area contributed by atoms with Crippen LogP contribution in [0.3, 0.4) is 0 Å². The van der Waals surface area contributed by atoms with Crippen molar-refractivity contribution in [2.45, 2.75) is 37.7 Å². The monoisotopic (exact) mass is 216 g/mol. The Morgan fingerprint density at radius 2 is 2.25 bits per heavy atom. The number of hydrogen-bond acceptors (Lipinski definition) is 2. The van der Waals surface area contributed by atoms with Crippen molar-refractivity contribution in [2.75, 3.05) is 0 Å². The lowest BCUT2D eigenvalue weighted by Crippen LogP contribution is -2.60. The van der Waals surface area contributed by atoms with E-state index in [1.165, 1.54) is 5.57 Å². The molecule has 0 spiro atoms. The van der Waals surface area contributed by atoms with E-state index in [0.717, 1.165) is 31.3 Å². The van der Waals surface area contributed by atoms with Crippen LogP contribution in [0.15, 0.2) is 23.3 Å². The van der Waals surface area contributed by atoms with Crippen LogP contribution in [0.4, 0.5) is 0 Å². The van der Waals surface area contributed by atoms with Gasteiger partial charge in [-0.05, 0) is 31.1 Å². The first-order valence-electron chi connectivity index (χ1n) is 6.38. The number of hydrogen-bond donors (Lipinski definition) is 1. The first kappa shape index (κ1) is 9.17. The Balaban J connectivity index is 1.78. The van der Waals surface area contributed by atoms with Gasteiger partial charge in [0.2, 0.25) is 0 Å². The molecule has 4 atom stereocenters. The van der Waals surface area contributed by atoms with Crippen molar-refractivity contribution in [1.82, 2.24) is 0 Å². The van der Waals surface area contributed by atoms with Crippen LogP contribution in [-0.4, -0.2) is 16.5 Å². The molecule has 0 saturated heterocycles. The van der Waals surface area contributed by atoms with Gasteiger partial charge >= 0.3 is 0 Å². The van der Waals surface area contributed by atoms with E-state index in [2.05, 4.69) is 6.08 Å². The lowest BCUT2D eigenvalue weighted by Gasteiger charge is -2.56. The maximum Gasteiger partial charge on any atom is 0.163 e. The first-order valence-corrected chi connectivity index (χ1v) is 6.38. The topological polar surface area (TPSA) is 37.3 Å². The molecule has 4 aliphatic carbocycles. The van der Waals surface area contributed by atoms with E-state index < -0.39 is 5.60 Å². The molecule has 0 aromatic heterocycles. The van der Waals surface area contributed by atoms with E-state index in [1.807, 2.05) is 6.08 Å². The molecule has 84 valence electrons. The van der Waals surface area contributed by atoms with Crippen LogP contribution in [-0.2, 0) is 4.79 Å². The Morgan fingerprint density at radius 1 is 1.38 bits per heavy atom. The fourth-order valence-corrected chi connectivity index (χ4v) is 4.58. The molecule has 4 rings (SSSR count). The van der Waals surface area contributed by atoms with E-state index in [0.29, 0.717) is 30.0 Å². The number of rotatable bonds is 0. The zero-order valence-corrected chi connectivity index (χ0v) is 9.28. The van der Waals surface area contributed by atoms with Crippen molar-refractivity contribution < 1.29 is 9.90 Å². The van der Waals surface area contributed by atoms with Crippen molar-refractivity contribution in [3.05, 3.63) is 23.3 Å². The predicted molar refractivity (Wildman–Crippen MR) is 59.7 cm³/mol. The minimum absolute atomic E-state index is 0.310. The molecule has 0 radical (unpaired) electrons. The van der Waals surface area contributed by atoms with E-state index >= 15 is 0 Å². The second kappa shape index (κ2) is 2.67. The molecule has 0 amide bonds. The van der Waals surface area contributed by atoms with Gasteiger partial charge in [-0.1, -0.05) is 24.1 Å². The summed E-state index contributed by atoms with van der Waals surface area (Å²) in [7, 11) is 0. The molecule has 1 N–H and O–H groups in total. The van der Waals surface area contributed by atoms with Gasteiger partial charge in [-0.3, -0.25) is 4.79 Å². The van der Waals surface area contributed by atoms with Gasteiger partial charge in [0.15, 0.2) is 5.78 Å². The standard InChI is InChI=1S/C14H16O2/c15-12-6-4-9-8(12)3-5-11-13(9)10-2-1-7-14(10,11)16/h3,5,10-11,13,16H,1-2,4,6-7H2/t10-,11+,13+,14+/m0/s1. The lowest BCUT2D eigenvalue weighted by molar-refractivity contribution is -0.148. The highest BCUT2D eigenvalue weighted by molar-refractivity contribution is 6.01. The summed E-state index contributed by atoms with van der Waals surface area (Å²) < 4.78 is 0. The zero-order chi connectivity index (χ0) is 10.9. The minimum Gasteiger partial charge on any atom is -0.389 e. The summed E-state index contributed by atoms with van der Waals surface area (Å²) in [5, 5.41) is 10.6. The third-order valence-corrected chi connectivity index (χ3v) is 5.27. The summed E-state index contributed by atoms with van der Waals surface area (Å²) in [5.74, 6) is 1.57. The fraction of sp³-hybridized carbons (Fsp3) is 0.643. The van der Waals surface area contributed by atoms with Crippen molar-refractivity contribution in [3.63, 3.8) is 0 Å². The predicted octanol–water partition coefficient (Wildman–Crippen LogP) is 1.99. The third kappa shape index (κ3) is 0.831. The average molecular weight is 216 g/mol.